The van der Waals surface area contributed by atoms with E-state index in [1.807, 2.05) is 29.2 Å². The maximum atomic E-state index is 12.6. The van der Waals surface area contributed by atoms with Gasteiger partial charge in [0.15, 0.2) is 0 Å². The van der Waals surface area contributed by atoms with Crippen molar-refractivity contribution in [3.05, 3.63) is 34.9 Å². The number of carboxylic acids is 1. The molecule has 0 radical (unpaired) electrons. The normalized spacial score (nSPS) is 25.2. The van der Waals surface area contributed by atoms with Gasteiger partial charge in [-0.2, -0.15) is 0 Å². The molecule has 2 saturated heterocycles. The molecular formula is C18H23ClN2O3S. The van der Waals surface area contributed by atoms with Crippen molar-refractivity contribution in [1.29, 1.82) is 0 Å². The second kappa shape index (κ2) is 7.98. The lowest BCUT2D eigenvalue weighted by atomic mass is 9.77. The molecule has 2 aliphatic rings. The van der Waals surface area contributed by atoms with Crippen LogP contribution in [-0.2, 0) is 15.3 Å². The lowest BCUT2D eigenvalue weighted by Crippen LogP contribution is -2.36. The summed E-state index contributed by atoms with van der Waals surface area (Å²) in [6.07, 6.45) is 0.804. The van der Waals surface area contributed by atoms with Gasteiger partial charge in [-0.3, -0.25) is 9.59 Å². The third-order valence-corrected chi connectivity index (χ3v) is 6.65. The smallest absolute Gasteiger partial charge is 0.303 e. The molecule has 1 amide bonds. The largest absolute Gasteiger partial charge is 0.481 e. The van der Waals surface area contributed by atoms with Gasteiger partial charge in [0.25, 0.3) is 0 Å². The summed E-state index contributed by atoms with van der Waals surface area (Å²) in [5.74, 6) is 0.889. The molecule has 0 bridgehead atoms. The molecule has 0 saturated carbocycles. The summed E-state index contributed by atoms with van der Waals surface area (Å²) in [5, 5.41) is 13.1. The minimum atomic E-state index is -0.764. The van der Waals surface area contributed by atoms with Crippen LogP contribution in [0, 0.1) is 11.3 Å². The van der Waals surface area contributed by atoms with Gasteiger partial charge in [0.05, 0.1) is 5.75 Å². The molecule has 0 aliphatic carbocycles. The Kier molecular flexibility index (Phi) is 5.92. The van der Waals surface area contributed by atoms with Crippen LogP contribution in [0.4, 0.5) is 0 Å². The fourth-order valence-corrected chi connectivity index (χ4v) is 5.10. The number of carbonyl (C=O) groups is 2. The first-order valence-corrected chi connectivity index (χ1v) is 10.0. The number of carboxylic acid groups (broad SMARTS) is 1. The Balaban J connectivity index is 1.52. The Bertz CT molecular complexity index is 657. The molecule has 2 fully saturated rings. The van der Waals surface area contributed by atoms with Gasteiger partial charge in [0.2, 0.25) is 5.91 Å². The van der Waals surface area contributed by atoms with E-state index in [0.29, 0.717) is 30.4 Å². The first kappa shape index (κ1) is 18.5. The molecule has 2 N–H and O–H groups in total. The number of fused-ring (bicyclic) bond motifs is 1. The molecule has 3 rings (SSSR count). The van der Waals surface area contributed by atoms with Gasteiger partial charge in [-0.15, -0.1) is 11.8 Å². The molecule has 25 heavy (non-hydrogen) atoms. The molecule has 0 spiro atoms. The van der Waals surface area contributed by atoms with E-state index in [4.69, 9.17) is 16.7 Å². The van der Waals surface area contributed by atoms with Crippen LogP contribution in [0.25, 0.3) is 0 Å². The topological polar surface area (TPSA) is 69.6 Å². The molecule has 1 aromatic rings. The van der Waals surface area contributed by atoms with Crippen molar-refractivity contribution in [2.24, 2.45) is 11.3 Å². The average Bonchev–Trinajstić information content (AvgIpc) is 3.12. The van der Waals surface area contributed by atoms with Crippen molar-refractivity contribution in [2.75, 3.05) is 31.9 Å². The number of hydrogen-bond acceptors (Lipinski definition) is 4. The summed E-state index contributed by atoms with van der Waals surface area (Å²) < 4.78 is 0. The number of amides is 1. The van der Waals surface area contributed by atoms with Crippen LogP contribution in [0.15, 0.2) is 24.3 Å². The average molecular weight is 383 g/mol. The molecule has 2 atom stereocenters. The number of nitrogens with one attached hydrogen (secondary N) is 1. The molecule has 5 nitrogen and oxygen atoms in total. The van der Waals surface area contributed by atoms with Crippen LogP contribution < -0.4 is 5.32 Å². The number of likely N-dealkylation sites (tertiary alicyclic amines) is 1. The highest BCUT2D eigenvalue weighted by Crippen LogP contribution is 2.42. The van der Waals surface area contributed by atoms with Crippen LogP contribution in [0.5, 0.6) is 0 Å². The number of hydrogen-bond donors (Lipinski definition) is 2. The van der Waals surface area contributed by atoms with Crippen molar-refractivity contribution in [2.45, 2.75) is 18.6 Å². The number of nitrogens with zero attached hydrogens (tertiary/aromatic N) is 1. The zero-order chi connectivity index (χ0) is 17.9. The van der Waals surface area contributed by atoms with Gasteiger partial charge >= 0.3 is 5.97 Å². The summed E-state index contributed by atoms with van der Waals surface area (Å²) in [4.78, 5) is 25.4. The van der Waals surface area contributed by atoms with Gasteiger partial charge in [0, 0.05) is 48.8 Å². The lowest BCUT2D eigenvalue weighted by Gasteiger charge is -2.27. The Morgan fingerprint density at radius 3 is 2.96 bits per heavy atom. The predicted molar refractivity (Wildman–Crippen MR) is 99.9 cm³/mol. The van der Waals surface area contributed by atoms with E-state index < -0.39 is 5.97 Å². The van der Waals surface area contributed by atoms with Gasteiger partial charge in [-0.05, 0) is 24.0 Å². The van der Waals surface area contributed by atoms with E-state index in [2.05, 4.69) is 5.32 Å². The molecule has 136 valence electrons. The van der Waals surface area contributed by atoms with Crippen LogP contribution in [0.1, 0.15) is 18.4 Å². The minimum Gasteiger partial charge on any atom is -0.481 e. The lowest BCUT2D eigenvalue weighted by molar-refractivity contribution is -0.137. The van der Waals surface area contributed by atoms with Crippen LogP contribution in [0.3, 0.4) is 0 Å². The van der Waals surface area contributed by atoms with Crippen molar-refractivity contribution in [1.82, 2.24) is 10.2 Å². The number of rotatable bonds is 7. The van der Waals surface area contributed by atoms with E-state index in [1.165, 1.54) is 0 Å². The highest BCUT2D eigenvalue weighted by molar-refractivity contribution is 7.99. The molecule has 2 unspecified atom stereocenters. The van der Waals surface area contributed by atoms with E-state index in [9.17, 15) is 9.59 Å². The standard InChI is InChI=1S/C18H23ClN2O3S/c19-15-4-2-1-3-13(15)9-25-10-16(22)21-8-14-7-20-11-18(14,12-21)6-5-17(23)24/h1-4,14,20H,5-12H2,(H,23,24). The van der Waals surface area contributed by atoms with Gasteiger partial charge in [0.1, 0.15) is 0 Å². The van der Waals surface area contributed by atoms with E-state index in [-0.39, 0.29) is 17.7 Å². The Hall–Kier alpha value is -1.24. The Morgan fingerprint density at radius 2 is 2.20 bits per heavy atom. The highest BCUT2D eigenvalue weighted by atomic mass is 35.5. The van der Waals surface area contributed by atoms with Crippen LogP contribution >= 0.6 is 23.4 Å². The Morgan fingerprint density at radius 1 is 1.40 bits per heavy atom. The number of aliphatic carboxylic acids is 1. The van der Waals surface area contributed by atoms with Crippen LogP contribution in [-0.4, -0.2) is 53.8 Å². The molecule has 2 aliphatic heterocycles. The summed E-state index contributed by atoms with van der Waals surface area (Å²) in [7, 11) is 0. The number of benzene rings is 1. The van der Waals surface area contributed by atoms with Crippen molar-refractivity contribution < 1.29 is 14.7 Å². The van der Waals surface area contributed by atoms with Gasteiger partial charge < -0.3 is 15.3 Å². The summed E-state index contributed by atoms with van der Waals surface area (Å²) >= 11 is 7.72. The second-order valence-corrected chi connectivity index (χ2v) is 8.34. The summed E-state index contributed by atoms with van der Waals surface area (Å²) in [5.41, 5.74) is 0.976. The molecule has 2 heterocycles. The summed E-state index contributed by atoms with van der Waals surface area (Å²) in [6, 6.07) is 7.69. The SMILES string of the molecule is O=C(O)CCC12CNCC1CN(C(=O)CSCc1ccccc1Cl)C2. The van der Waals surface area contributed by atoms with Crippen molar-refractivity contribution >= 4 is 35.2 Å². The van der Waals surface area contributed by atoms with E-state index >= 15 is 0 Å². The molecule has 0 aromatic heterocycles. The number of halogens is 1. The monoisotopic (exact) mass is 382 g/mol. The fraction of sp³-hybridized carbons (Fsp3) is 0.556. The fourth-order valence-electron chi connectivity index (χ4n) is 3.88. The van der Waals surface area contributed by atoms with Crippen molar-refractivity contribution in [3.63, 3.8) is 0 Å². The zero-order valence-corrected chi connectivity index (χ0v) is 15.6. The molecule has 7 heteroatoms. The summed E-state index contributed by atoms with van der Waals surface area (Å²) in [6.45, 7) is 3.08. The number of carbonyl (C=O) groups excluding carboxylic acids is 1. The third kappa shape index (κ3) is 4.30. The Labute approximate surface area is 157 Å². The maximum Gasteiger partial charge on any atom is 0.303 e. The number of thioether (sulfide) groups is 1. The minimum absolute atomic E-state index is 0.0680. The molecule has 1 aromatic carbocycles. The first-order valence-electron chi connectivity index (χ1n) is 8.52. The highest BCUT2D eigenvalue weighted by Gasteiger charge is 2.50. The quantitative estimate of drug-likeness (QED) is 0.758. The maximum absolute atomic E-state index is 12.6. The van der Waals surface area contributed by atoms with E-state index in [0.717, 1.165) is 30.2 Å². The predicted octanol–water partition coefficient (Wildman–Crippen LogP) is 2.49. The van der Waals surface area contributed by atoms with E-state index in [1.54, 1.807) is 11.8 Å². The third-order valence-electron chi connectivity index (χ3n) is 5.31. The first-order chi connectivity index (χ1) is 12.0. The van der Waals surface area contributed by atoms with Crippen LogP contribution in [0.2, 0.25) is 5.02 Å². The van der Waals surface area contributed by atoms with Crippen molar-refractivity contribution in [3.8, 4) is 0 Å². The van der Waals surface area contributed by atoms with Gasteiger partial charge in [-0.25, -0.2) is 0 Å². The van der Waals surface area contributed by atoms with Gasteiger partial charge in [-0.1, -0.05) is 29.8 Å². The second-order valence-electron chi connectivity index (χ2n) is 6.94. The molecular weight excluding hydrogens is 360 g/mol. The zero-order valence-electron chi connectivity index (χ0n) is 14.0.